The zero-order valence-electron chi connectivity index (χ0n) is 20.2. The van der Waals surface area contributed by atoms with Gasteiger partial charge in [-0.2, -0.15) is 0 Å². The van der Waals surface area contributed by atoms with E-state index in [0.29, 0.717) is 29.2 Å². The Morgan fingerprint density at radius 2 is 1.86 bits per heavy atom. The zero-order valence-corrected chi connectivity index (χ0v) is 20.2. The molecule has 2 heterocycles. The van der Waals surface area contributed by atoms with Crippen LogP contribution in [0.4, 0.5) is 5.69 Å². The van der Waals surface area contributed by atoms with Crippen LogP contribution in [0, 0.1) is 0 Å². The lowest BCUT2D eigenvalue weighted by atomic mass is 9.63. The number of ketones is 1. The summed E-state index contributed by atoms with van der Waals surface area (Å²) in [6.07, 6.45) is 0.398. The lowest BCUT2D eigenvalue weighted by Crippen LogP contribution is -2.49. The summed E-state index contributed by atoms with van der Waals surface area (Å²) in [5, 5.41) is 2.82. The molecular weight excluding hydrogens is 464 g/mol. The first-order valence-corrected chi connectivity index (χ1v) is 11.6. The average Bonchev–Trinajstić information content (AvgIpc) is 3.14. The van der Waals surface area contributed by atoms with E-state index in [4.69, 9.17) is 24.7 Å². The summed E-state index contributed by atoms with van der Waals surface area (Å²) in [5.74, 6) is -0.783. The fourth-order valence-electron chi connectivity index (χ4n) is 5.44. The lowest BCUT2D eigenvalue weighted by molar-refractivity contribution is -0.141. The van der Waals surface area contributed by atoms with E-state index in [1.165, 1.54) is 0 Å². The van der Waals surface area contributed by atoms with Gasteiger partial charge in [-0.3, -0.25) is 9.59 Å². The van der Waals surface area contributed by atoms with Crippen LogP contribution in [0.15, 0.2) is 65.3 Å². The molecule has 0 radical (unpaired) electrons. The van der Waals surface area contributed by atoms with Gasteiger partial charge < -0.3 is 30.0 Å². The predicted octanol–water partition coefficient (Wildman–Crippen LogP) is 3.06. The molecule has 2 aliphatic heterocycles. The van der Waals surface area contributed by atoms with E-state index in [0.717, 1.165) is 5.56 Å². The van der Waals surface area contributed by atoms with Crippen LogP contribution in [-0.2, 0) is 29.3 Å². The number of ether oxygens (including phenoxy) is 4. The number of nitrogens with one attached hydrogen (secondary N) is 1. The highest BCUT2D eigenvalue weighted by Crippen LogP contribution is 2.55. The first-order valence-electron chi connectivity index (χ1n) is 11.6. The van der Waals surface area contributed by atoms with E-state index in [-0.39, 0.29) is 47.5 Å². The number of methoxy groups -OCH3 is 2. The van der Waals surface area contributed by atoms with Gasteiger partial charge in [-0.15, -0.1) is 0 Å². The minimum absolute atomic E-state index is 0.0657. The Balaban J connectivity index is 1.67. The van der Waals surface area contributed by atoms with Crippen molar-refractivity contribution in [2.45, 2.75) is 31.1 Å². The number of carbonyl (C=O) groups is 3. The normalized spacial score (nSPS) is 22.6. The van der Waals surface area contributed by atoms with Crippen LogP contribution in [-0.4, -0.2) is 38.5 Å². The van der Waals surface area contributed by atoms with Gasteiger partial charge in [-0.25, -0.2) is 4.79 Å². The molecule has 1 aliphatic carbocycles. The fraction of sp³-hybridized carbons (Fsp3) is 0.296. The topological polar surface area (TPSA) is 126 Å². The van der Waals surface area contributed by atoms with Gasteiger partial charge in [-0.05, 0) is 36.6 Å². The molecule has 186 valence electrons. The number of amides is 1. The molecule has 3 aliphatic rings. The fourth-order valence-corrected chi connectivity index (χ4v) is 5.44. The Bertz CT molecular complexity index is 1360. The number of rotatable bonds is 5. The molecule has 0 aromatic heterocycles. The molecule has 0 unspecified atom stereocenters. The van der Waals surface area contributed by atoms with Gasteiger partial charge in [0.05, 0.1) is 26.4 Å². The number of carbonyl (C=O) groups excluding carboxylic acids is 3. The maximum absolute atomic E-state index is 13.8. The quantitative estimate of drug-likeness (QED) is 0.613. The average molecular weight is 491 g/mol. The van der Waals surface area contributed by atoms with Crippen LogP contribution >= 0.6 is 0 Å². The monoisotopic (exact) mass is 490 g/mol. The first-order chi connectivity index (χ1) is 17.4. The number of para-hydroxylation sites is 1. The van der Waals surface area contributed by atoms with Crippen LogP contribution in [0.2, 0.25) is 0 Å². The molecule has 1 amide bonds. The number of nitrogens with two attached hydrogens (primary N) is 1. The summed E-state index contributed by atoms with van der Waals surface area (Å²) < 4.78 is 21.9. The Morgan fingerprint density at radius 3 is 2.58 bits per heavy atom. The molecule has 2 aromatic carbocycles. The second-order valence-electron chi connectivity index (χ2n) is 8.75. The molecule has 2 atom stereocenters. The molecule has 0 fully saturated rings. The van der Waals surface area contributed by atoms with E-state index in [2.05, 4.69) is 5.32 Å². The number of benzene rings is 2. The van der Waals surface area contributed by atoms with Gasteiger partial charge in [0.15, 0.2) is 17.3 Å². The van der Waals surface area contributed by atoms with Crippen molar-refractivity contribution in [3.63, 3.8) is 0 Å². The van der Waals surface area contributed by atoms with E-state index >= 15 is 0 Å². The van der Waals surface area contributed by atoms with Crippen molar-refractivity contribution in [2.24, 2.45) is 5.73 Å². The molecule has 0 saturated heterocycles. The molecular formula is C27H26N2O7. The number of hydrogen-bond donors (Lipinski definition) is 2. The second kappa shape index (κ2) is 8.75. The predicted molar refractivity (Wildman–Crippen MR) is 129 cm³/mol. The van der Waals surface area contributed by atoms with Crippen molar-refractivity contribution in [2.75, 3.05) is 26.1 Å². The Hall–Kier alpha value is -4.27. The highest BCUT2D eigenvalue weighted by molar-refractivity contribution is 6.22. The van der Waals surface area contributed by atoms with Crippen LogP contribution < -0.4 is 20.5 Å². The highest BCUT2D eigenvalue weighted by Gasteiger charge is 2.62. The summed E-state index contributed by atoms with van der Waals surface area (Å²) in [6, 6.07) is 12.4. The van der Waals surface area contributed by atoms with E-state index in [9.17, 15) is 14.4 Å². The van der Waals surface area contributed by atoms with Crippen molar-refractivity contribution in [1.29, 1.82) is 0 Å². The van der Waals surface area contributed by atoms with Gasteiger partial charge in [-0.1, -0.05) is 24.3 Å². The maximum Gasteiger partial charge on any atom is 0.341 e. The number of fused-ring (bicyclic) bond motifs is 3. The summed E-state index contributed by atoms with van der Waals surface area (Å²) in [4.78, 5) is 40.7. The number of esters is 1. The standard InChI is InChI=1S/C27H26N2O7/c1-4-35-25(31)23-24(28)36-21-13-15(14-9-10-19(33-2)20(12-14)34-3)11-18(30)22(21)27(23)16-7-5-6-8-17(16)29-26(27)32/h5-10,12,15H,4,11,13,28H2,1-3H3,(H,29,32)/t15-,27+/m1/s1. The summed E-state index contributed by atoms with van der Waals surface area (Å²) in [5.41, 5.74) is 6.31. The highest BCUT2D eigenvalue weighted by atomic mass is 16.5. The molecule has 2 aromatic rings. The molecule has 5 rings (SSSR count). The number of anilines is 1. The third kappa shape index (κ3) is 3.26. The molecule has 3 N–H and O–H groups in total. The third-order valence-corrected chi connectivity index (χ3v) is 6.93. The van der Waals surface area contributed by atoms with Gasteiger partial charge in [0, 0.05) is 24.1 Å². The number of allylic oxidation sites excluding steroid dienone is 1. The van der Waals surface area contributed by atoms with Gasteiger partial charge in [0.1, 0.15) is 16.7 Å². The third-order valence-electron chi connectivity index (χ3n) is 6.93. The van der Waals surface area contributed by atoms with Gasteiger partial charge in [0.2, 0.25) is 11.8 Å². The van der Waals surface area contributed by atoms with Crippen molar-refractivity contribution in [1.82, 2.24) is 0 Å². The Morgan fingerprint density at radius 1 is 1.11 bits per heavy atom. The van der Waals surface area contributed by atoms with Gasteiger partial charge in [0.25, 0.3) is 0 Å². The van der Waals surface area contributed by atoms with E-state index in [1.807, 2.05) is 12.1 Å². The maximum atomic E-state index is 13.8. The van der Waals surface area contributed by atoms with E-state index < -0.39 is 17.3 Å². The number of hydrogen-bond acceptors (Lipinski definition) is 8. The van der Waals surface area contributed by atoms with E-state index in [1.54, 1.807) is 51.5 Å². The zero-order chi connectivity index (χ0) is 25.6. The van der Waals surface area contributed by atoms with Gasteiger partial charge >= 0.3 is 5.97 Å². The van der Waals surface area contributed by atoms with Crippen LogP contribution in [0.3, 0.4) is 0 Å². The smallest absolute Gasteiger partial charge is 0.341 e. The number of Topliss-reactive ketones (excluding diaryl/α,β-unsaturated/α-hetero) is 1. The van der Waals surface area contributed by atoms with Crippen molar-refractivity contribution in [3.05, 3.63) is 76.4 Å². The summed E-state index contributed by atoms with van der Waals surface area (Å²) >= 11 is 0. The minimum atomic E-state index is -1.75. The molecule has 1 spiro atoms. The summed E-state index contributed by atoms with van der Waals surface area (Å²) in [7, 11) is 3.09. The molecule has 9 nitrogen and oxygen atoms in total. The molecule has 9 heteroatoms. The Labute approximate surface area is 207 Å². The van der Waals surface area contributed by atoms with Crippen LogP contribution in [0.1, 0.15) is 36.8 Å². The SMILES string of the molecule is CCOC(=O)C1=C(N)OC2=C(C(=O)C[C@@H](c3ccc(OC)c(OC)c3)C2)[C@]12C(=O)Nc1ccccc12. The first kappa shape index (κ1) is 23.5. The Kier molecular flexibility index (Phi) is 5.70. The van der Waals surface area contributed by atoms with Crippen molar-refractivity contribution >= 4 is 23.3 Å². The molecule has 36 heavy (non-hydrogen) atoms. The largest absolute Gasteiger partial charge is 0.493 e. The van der Waals surface area contributed by atoms with Crippen LogP contribution in [0.5, 0.6) is 11.5 Å². The second-order valence-corrected chi connectivity index (χ2v) is 8.75. The molecule has 0 saturated carbocycles. The van der Waals surface area contributed by atoms with Crippen LogP contribution in [0.25, 0.3) is 0 Å². The van der Waals surface area contributed by atoms with Crippen molar-refractivity contribution < 1.29 is 33.3 Å². The lowest BCUT2D eigenvalue weighted by Gasteiger charge is -2.40. The van der Waals surface area contributed by atoms with Crippen molar-refractivity contribution in [3.8, 4) is 11.5 Å². The minimum Gasteiger partial charge on any atom is -0.493 e. The summed E-state index contributed by atoms with van der Waals surface area (Å²) in [6.45, 7) is 1.72. The molecule has 0 bridgehead atoms.